The molecule has 0 radical (unpaired) electrons. The summed E-state index contributed by atoms with van der Waals surface area (Å²) in [6.07, 6.45) is 0.791. The largest absolute Gasteiger partial charge is 0.480 e. The van der Waals surface area contributed by atoms with Gasteiger partial charge in [-0.2, -0.15) is 0 Å². The zero-order valence-corrected chi connectivity index (χ0v) is 10.4. The van der Waals surface area contributed by atoms with Crippen LogP contribution in [0.15, 0.2) is 0 Å². The summed E-state index contributed by atoms with van der Waals surface area (Å²) in [5.74, 6) is -1.77. The van der Waals surface area contributed by atoms with Gasteiger partial charge in [0.25, 0.3) is 0 Å². The van der Waals surface area contributed by atoms with Crippen molar-refractivity contribution in [3.63, 3.8) is 0 Å². The molecule has 7 nitrogen and oxygen atoms in total. The molecular formula is C10H14N2O5S. The molecule has 0 aromatic rings. The Morgan fingerprint density at radius 3 is 2.83 bits per heavy atom. The lowest BCUT2D eigenvalue weighted by Crippen LogP contribution is -2.35. The molecule has 100 valence electrons. The number of aldehydes is 1. The summed E-state index contributed by atoms with van der Waals surface area (Å²) in [6, 6.07) is -1.05. The summed E-state index contributed by atoms with van der Waals surface area (Å²) in [5.41, 5.74) is 5.31. The number of hydrogen-bond acceptors (Lipinski definition) is 6. The van der Waals surface area contributed by atoms with Crippen molar-refractivity contribution in [1.29, 1.82) is 0 Å². The van der Waals surface area contributed by atoms with Gasteiger partial charge in [-0.3, -0.25) is 19.3 Å². The zero-order valence-electron chi connectivity index (χ0n) is 9.57. The highest BCUT2D eigenvalue weighted by Gasteiger charge is 2.38. The smallest absolute Gasteiger partial charge is 0.321 e. The van der Waals surface area contributed by atoms with Gasteiger partial charge in [0.2, 0.25) is 11.8 Å². The van der Waals surface area contributed by atoms with Gasteiger partial charge in [-0.05, 0) is 0 Å². The molecule has 8 heteroatoms. The van der Waals surface area contributed by atoms with Crippen LogP contribution in [-0.2, 0) is 19.2 Å². The minimum atomic E-state index is -1.14. The number of imide groups is 1. The summed E-state index contributed by atoms with van der Waals surface area (Å²) in [5, 5.41) is 8.01. The molecule has 2 unspecified atom stereocenters. The fourth-order valence-corrected chi connectivity index (χ4v) is 2.60. The van der Waals surface area contributed by atoms with E-state index in [-0.39, 0.29) is 37.0 Å². The lowest BCUT2D eigenvalue weighted by molar-refractivity contribution is -0.139. The number of carboxylic acid groups (broad SMARTS) is 1. The van der Waals surface area contributed by atoms with Crippen LogP contribution >= 0.6 is 11.8 Å². The van der Waals surface area contributed by atoms with Crippen LogP contribution in [0, 0.1) is 0 Å². The number of amides is 2. The van der Waals surface area contributed by atoms with E-state index in [2.05, 4.69) is 0 Å². The highest BCUT2D eigenvalue weighted by Crippen LogP contribution is 2.25. The maximum Gasteiger partial charge on any atom is 0.321 e. The Morgan fingerprint density at radius 1 is 1.61 bits per heavy atom. The molecule has 1 rings (SSSR count). The van der Waals surface area contributed by atoms with Crippen molar-refractivity contribution in [1.82, 2.24) is 4.90 Å². The molecular weight excluding hydrogens is 260 g/mol. The van der Waals surface area contributed by atoms with Crippen LogP contribution in [0.25, 0.3) is 0 Å². The van der Waals surface area contributed by atoms with Gasteiger partial charge in [0.15, 0.2) is 0 Å². The van der Waals surface area contributed by atoms with Gasteiger partial charge in [0.05, 0.1) is 5.25 Å². The van der Waals surface area contributed by atoms with Crippen molar-refractivity contribution in [2.45, 2.75) is 24.1 Å². The summed E-state index contributed by atoms with van der Waals surface area (Å²) in [7, 11) is 0. The van der Waals surface area contributed by atoms with Crippen molar-refractivity contribution in [3.05, 3.63) is 0 Å². The molecule has 0 aromatic heterocycles. The molecule has 1 saturated heterocycles. The number of aliphatic carboxylic acids is 1. The fourth-order valence-electron chi connectivity index (χ4n) is 1.49. The van der Waals surface area contributed by atoms with E-state index in [1.807, 2.05) is 0 Å². The monoisotopic (exact) mass is 274 g/mol. The van der Waals surface area contributed by atoms with E-state index in [9.17, 15) is 19.2 Å². The Kier molecular flexibility index (Phi) is 5.29. The molecule has 3 N–H and O–H groups in total. The highest BCUT2D eigenvalue weighted by molar-refractivity contribution is 8.00. The average molecular weight is 274 g/mol. The number of rotatable bonds is 7. The zero-order chi connectivity index (χ0) is 13.7. The predicted molar refractivity (Wildman–Crippen MR) is 63.9 cm³/mol. The number of carboxylic acids is 1. The summed E-state index contributed by atoms with van der Waals surface area (Å²) in [6.45, 7) is 0.0865. The Balaban J connectivity index is 2.49. The van der Waals surface area contributed by atoms with E-state index >= 15 is 0 Å². The van der Waals surface area contributed by atoms with E-state index in [1.54, 1.807) is 0 Å². The normalized spacial score (nSPS) is 21.2. The van der Waals surface area contributed by atoms with Crippen molar-refractivity contribution >= 4 is 35.8 Å². The summed E-state index contributed by atoms with van der Waals surface area (Å²) < 4.78 is 0. The van der Waals surface area contributed by atoms with Crippen LogP contribution in [0.5, 0.6) is 0 Å². The average Bonchev–Trinajstić information content (AvgIpc) is 2.59. The van der Waals surface area contributed by atoms with Gasteiger partial charge in [-0.25, -0.2) is 0 Å². The number of thioether (sulfide) groups is 1. The van der Waals surface area contributed by atoms with Crippen LogP contribution < -0.4 is 5.73 Å². The molecule has 0 aliphatic carbocycles. The second-order valence-electron chi connectivity index (χ2n) is 3.81. The first-order chi connectivity index (χ1) is 8.47. The number of carbonyl (C=O) groups is 4. The number of likely N-dealkylation sites (tertiary alicyclic amines) is 1. The molecule has 2 atom stereocenters. The van der Waals surface area contributed by atoms with Crippen molar-refractivity contribution < 1.29 is 24.3 Å². The molecule has 1 heterocycles. The van der Waals surface area contributed by atoms with Crippen LogP contribution in [0.1, 0.15) is 12.8 Å². The molecule has 0 aromatic carbocycles. The SMILES string of the molecule is NC(CSC1CC(=O)N(CCC=O)C1=O)C(=O)O. The Hall–Kier alpha value is -1.41. The lowest BCUT2D eigenvalue weighted by Gasteiger charge is -2.13. The topological polar surface area (TPSA) is 118 Å². The quantitative estimate of drug-likeness (QED) is 0.444. The highest BCUT2D eigenvalue weighted by atomic mass is 32.2. The van der Waals surface area contributed by atoms with E-state index in [1.165, 1.54) is 0 Å². The van der Waals surface area contributed by atoms with E-state index in [0.717, 1.165) is 16.7 Å². The van der Waals surface area contributed by atoms with Gasteiger partial charge < -0.3 is 15.6 Å². The molecule has 0 spiro atoms. The third-order valence-electron chi connectivity index (χ3n) is 2.47. The summed E-state index contributed by atoms with van der Waals surface area (Å²) >= 11 is 1.06. The van der Waals surface area contributed by atoms with Crippen molar-refractivity contribution in [3.8, 4) is 0 Å². The maximum absolute atomic E-state index is 11.8. The summed E-state index contributed by atoms with van der Waals surface area (Å²) in [4.78, 5) is 45.1. The first-order valence-corrected chi connectivity index (χ1v) is 6.40. The molecule has 0 saturated carbocycles. The molecule has 1 fully saturated rings. The maximum atomic E-state index is 11.8. The Labute approximate surface area is 108 Å². The Morgan fingerprint density at radius 2 is 2.28 bits per heavy atom. The van der Waals surface area contributed by atoms with Gasteiger partial charge in [-0.15, -0.1) is 11.8 Å². The van der Waals surface area contributed by atoms with E-state index in [4.69, 9.17) is 10.8 Å². The second-order valence-corrected chi connectivity index (χ2v) is 5.05. The van der Waals surface area contributed by atoms with Gasteiger partial charge in [0, 0.05) is 25.1 Å². The first kappa shape index (κ1) is 14.7. The number of nitrogens with zero attached hydrogens (tertiary/aromatic N) is 1. The minimum Gasteiger partial charge on any atom is -0.480 e. The molecule has 2 amide bonds. The molecule has 18 heavy (non-hydrogen) atoms. The minimum absolute atomic E-state index is 0.0364. The number of nitrogens with two attached hydrogens (primary N) is 1. The Bertz CT molecular complexity index is 373. The van der Waals surface area contributed by atoms with Crippen molar-refractivity contribution in [2.75, 3.05) is 12.3 Å². The number of carbonyl (C=O) groups excluding carboxylic acids is 3. The number of hydrogen-bond donors (Lipinski definition) is 2. The third-order valence-corrected chi connectivity index (χ3v) is 3.79. The predicted octanol–water partition coefficient (Wildman–Crippen LogP) is -1.15. The van der Waals surface area contributed by atoms with Gasteiger partial charge in [0.1, 0.15) is 12.3 Å². The van der Waals surface area contributed by atoms with Crippen LogP contribution in [-0.4, -0.2) is 57.7 Å². The standard InChI is InChI=1S/C10H14N2O5S/c11-6(10(16)17)5-18-7-4-8(14)12(9(7)15)2-1-3-13/h3,6-7H,1-2,4-5,11H2,(H,16,17). The molecule has 0 bridgehead atoms. The van der Waals surface area contributed by atoms with E-state index < -0.39 is 17.3 Å². The fraction of sp³-hybridized carbons (Fsp3) is 0.600. The van der Waals surface area contributed by atoms with E-state index in [0.29, 0.717) is 6.29 Å². The van der Waals surface area contributed by atoms with Crippen LogP contribution in [0.2, 0.25) is 0 Å². The third kappa shape index (κ3) is 3.54. The van der Waals surface area contributed by atoms with Gasteiger partial charge >= 0.3 is 5.97 Å². The molecule has 1 aliphatic rings. The second kappa shape index (κ2) is 6.50. The lowest BCUT2D eigenvalue weighted by atomic mass is 10.3. The van der Waals surface area contributed by atoms with Crippen molar-refractivity contribution in [2.24, 2.45) is 5.73 Å². The van der Waals surface area contributed by atoms with Crippen LogP contribution in [0.4, 0.5) is 0 Å². The molecule has 1 aliphatic heterocycles. The van der Waals surface area contributed by atoms with Crippen LogP contribution in [0.3, 0.4) is 0 Å². The van der Waals surface area contributed by atoms with Gasteiger partial charge in [-0.1, -0.05) is 0 Å². The first-order valence-electron chi connectivity index (χ1n) is 5.35.